The third kappa shape index (κ3) is 6.23. The SMILES string of the molecule is CC1C2CCCC(/C2=N\N=C(\N)[S-])C2(O)CCCCC12.CC1C2CCCC(/C2=N\N=C(\N)[S-])C2(O)CCCCC12.[Cu+2]. The van der Waals surface area contributed by atoms with Crippen LogP contribution in [-0.2, 0) is 42.3 Å². The minimum absolute atomic E-state index is 0. The Hall–Kier alpha value is -0.841. The van der Waals surface area contributed by atoms with Crippen molar-refractivity contribution in [2.75, 3.05) is 0 Å². The molecule has 6 aliphatic rings. The van der Waals surface area contributed by atoms with E-state index in [1.54, 1.807) is 0 Å². The van der Waals surface area contributed by atoms with Crippen LogP contribution in [0, 0.1) is 47.3 Å². The van der Waals surface area contributed by atoms with Crippen LogP contribution >= 0.6 is 0 Å². The van der Waals surface area contributed by atoms with Gasteiger partial charge in [-0.25, -0.2) is 0 Å². The molecule has 0 saturated heterocycles. The van der Waals surface area contributed by atoms with E-state index in [1.807, 2.05) is 0 Å². The smallest absolute Gasteiger partial charge is 0.741 e. The molecular weight excluding hydrogens is 604 g/mol. The van der Waals surface area contributed by atoms with Crippen molar-refractivity contribution in [2.24, 2.45) is 79.2 Å². The Morgan fingerprint density at radius 3 is 1.41 bits per heavy atom. The summed E-state index contributed by atoms with van der Waals surface area (Å²) in [4.78, 5) is 0. The van der Waals surface area contributed by atoms with Gasteiger partial charge in [0.15, 0.2) is 0 Å². The van der Waals surface area contributed by atoms with Gasteiger partial charge >= 0.3 is 17.1 Å². The van der Waals surface area contributed by atoms with E-state index in [0.717, 1.165) is 75.6 Å². The summed E-state index contributed by atoms with van der Waals surface area (Å²) in [5, 5.41) is 39.4. The van der Waals surface area contributed by atoms with Crippen LogP contribution in [0.1, 0.15) is 104 Å². The van der Waals surface area contributed by atoms with Gasteiger partial charge in [-0.3, -0.25) is 0 Å². The van der Waals surface area contributed by atoms with E-state index < -0.39 is 11.2 Å². The van der Waals surface area contributed by atoms with Gasteiger partial charge in [0.05, 0.1) is 11.2 Å². The van der Waals surface area contributed by atoms with Crippen LogP contribution in [0.2, 0.25) is 0 Å². The average Bonchev–Trinajstić information content (AvgIpc) is 2.93. The molecule has 0 aromatic carbocycles. The molecule has 4 bridgehead atoms. The van der Waals surface area contributed by atoms with Crippen LogP contribution in [-0.4, -0.2) is 43.2 Å². The molecule has 6 saturated carbocycles. The van der Waals surface area contributed by atoms with Crippen molar-refractivity contribution in [3.8, 4) is 0 Å². The summed E-state index contributed by atoms with van der Waals surface area (Å²) >= 11 is 9.62. The van der Waals surface area contributed by atoms with E-state index in [2.05, 4.69) is 34.3 Å². The van der Waals surface area contributed by atoms with Crippen LogP contribution in [0.5, 0.6) is 0 Å². The Bertz CT molecular complexity index is 982. The predicted octanol–water partition coefficient (Wildman–Crippen LogP) is 4.38. The molecule has 8 nitrogen and oxygen atoms in total. The summed E-state index contributed by atoms with van der Waals surface area (Å²) in [6.07, 6.45) is 15.6. The van der Waals surface area contributed by atoms with Gasteiger partial charge in [-0.2, -0.15) is 20.4 Å². The molecule has 6 aliphatic carbocycles. The van der Waals surface area contributed by atoms with Gasteiger partial charge in [0.25, 0.3) is 0 Å². The molecule has 10 atom stereocenters. The Morgan fingerprint density at radius 1 is 0.659 bits per heavy atom. The van der Waals surface area contributed by atoms with Gasteiger partial charge in [0, 0.05) is 35.1 Å². The molecule has 6 rings (SSSR count). The molecular formula is C30H48CuN6O2S2. The Morgan fingerprint density at radius 2 is 1.05 bits per heavy atom. The first-order valence-electron chi connectivity index (χ1n) is 15.7. The molecule has 0 spiro atoms. The van der Waals surface area contributed by atoms with E-state index in [-0.39, 0.29) is 39.2 Å². The maximum absolute atomic E-state index is 11.3. The van der Waals surface area contributed by atoms with Crippen molar-refractivity contribution in [2.45, 2.75) is 115 Å². The summed E-state index contributed by atoms with van der Waals surface area (Å²) < 4.78 is 0. The third-order valence-corrected chi connectivity index (χ3v) is 11.9. The quantitative estimate of drug-likeness (QED) is 0.115. The number of fused-ring (bicyclic) bond motifs is 8. The molecule has 0 aromatic rings. The number of rotatable bonds is 2. The fraction of sp³-hybridized carbons (Fsp3) is 0.867. The number of nitrogens with two attached hydrogens (primary N) is 2. The molecule has 0 aliphatic heterocycles. The Kier molecular flexibility index (Phi) is 10.8. The monoisotopic (exact) mass is 651 g/mol. The minimum atomic E-state index is -0.570. The molecule has 0 heterocycles. The molecule has 6 N–H and O–H groups in total. The second kappa shape index (κ2) is 13.4. The summed E-state index contributed by atoms with van der Waals surface area (Å²) in [6.45, 7) is 4.56. The Balaban J connectivity index is 0.000000184. The van der Waals surface area contributed by atoms with Gasteiger partial charge in [0.2, 0.25) is 0 Å². The zero-order chi connectivity index (χ0) is 28.7. The molecule has 6 fully saturated rings. The summed E-state index contributed by atoms with van der Waals surface area (Å²) in [6, 6.07) is 0. The van der Waals surface area contributed by atoms with Gasteiger partial charge in [0.1, 0.15) is 0 Å². The molecule has 0 amide bonds. The van der Waals surface area contributed by atoms with Crippen LogP contribution < -0.4 is 11.5 Å². The van der Waals surface area contributed by atoms with E-state index in [4.69, 9.17) is 36.7 Å². The standard InChI is InChI=1S/2C15H25N3OS.Cu/c2*1-9-10-5-4-7-12(13(10)17-18-14(16)20)15(19)8-3-2-6-11(9)15;/h2*9-12,19H,2-8H2,1H3,(H3,16,18,20);/q;;+2/p-2/b2*17-13-;. The van der Waals surface area contributed by atoms with E-state index in [9.17, 15) is 10.2 Å². The minimum Gasteiger partial charge on any atom is -0.741 e. The predicted molar refractivity (Wildman–Crippen MR) is 167 cm³/mol. The number of amidine groups is 2. The van der Waals surface area contributed by atoms with E-state index in [0.29, 0.717) is 35.5 Å². The number of hydrogen-bond acceptors (Lipinski definition) is 8. The first-order valence-corrected chi connectivity index (χ1v) is 16.5. The second-order valence-electron chi connectivity index (χ2n) is 13.5. The number of hydrogen-bond donors (Lipinski definition) is 4. The van der Waals surface area contributed by atoms with E-state index in [1.165, 1.54) is 25.7 Å². The maximum atomic E-state index is 11.3. The van der Waals surface area contributed by atoms with Crippen LogP contribution in [0.25, 0.3) is 0 Å². The van der Waals surface area contributed by atoms with Crippen LogP contribution in [0.15, 0.2) is 20.4 Å². The zero-order valence-electron chi connectivity index (χ0n) is 24.5. The molecule has 233 valence electrons. The normalized spacial score (nSPS) is 46.0. The molecule has 11 heteroatoms. The van der Waals surface area contributed by atoms with Gasteiger partial charge in [-0.1, -0.05) is 52.4 Å². The topological polar surface area (TPSA) is 142 Å². The van der Waals surface area contributed by atoms with Crippen molar-refractivity contribution in [1.82, 2.24) is 0 Å². The van der Waals surface area contributed by atoms with Crippen molar-refractivity contribution in [1.29, 1.82) is 0 Å². The van der Waals surface area contributed by atoms with Crippen molar-refractivity contribution < 1.29 is 27.3 Å². The average molecular weight is 652 g/mol. The summed E-state index contributed by atoms with van der Waals surface area (Å²) in [5.41, 5.74) is 11.9. The number of aliphatic hydroxyl groups is 2. The third-order valence-electron chi connectivity index (χ3n) is 11.7. The summed E-state index contributed by atoms with van der Waals surface area (Å²) in [7, 11) is 0. The van der Waals surface area contributed by atoms with E-state index >= 15 is 0 Å². The Labute approximate surface area is 267 Å². The van der Waals surface area contributed by atoms with Crippen molar-refractivity contribution >= 4 is 47.0 Å². The second-order valence-corrected chi connectivity index (χ2v) is 14.3. The van der Waals surface area contributed by atoms with Crippen molar-refractivity contribution in [3.63, 3.8) is 0 Å². The zero-order valence-corrected chi connectivity index (χ0v) is 27.0. The largest absolute Gasteiger partial charge is 2.00 e. The van der Waals surface area contributed by atoms with Crippen molar-refractivity contribution in [3.05, 3.63) is 0 Å². The van der Waals surface area contributed by atoms with Gasteiger partial charge in [-0.15, -0.1) is 0 Å². The summed E-state index contributed by atoms with van der Waals surface area (Å²) in [5.74, 6) is 3.06. The fourth-order valence-electron chi connectivity index (χ4n) is 10.0. The molecule has 10 unspecified atom stereocenters. The maximum Gasteiger partial charge on any atom is 2.00 e. The molecule has 0 aromatic heterocycles. The van der Waals surface area contributed by atoms with Gasteiger partial charge < -0.3 is 46.9 Å². The van der Waals surface area contributed by atoms with Crippen LogP contribution in [0.4, 0.5) is 0 Å². The fourth-order valence-corrected chi connectivity index (χ4v) is 10.1. The first kappa shape index (κ1) is 33.1. The van der Waals surface area contributed by atoms with Gasteiger partial charge in [-0.05, 0) is 85.4 Å². The number of nitrogens with zero attached hydrogens (tertiary/aromatic N) is 4. The molecule has 1 radical (unpaired) electrons. The first-order chi connectivity index (χ1) is 19.1. The molecule has 41 heavy (non-hydrogen) atoms. The van der Waals surface area contributed by atoms with Crippen LogP contribution in [0.3, 0.4) is 0 Å².